The number of ether oxygens (including phenoxy) is 1. The Morgan fingerprint density at radius 1 is 0.914 bits per heavy atom. The lowest BCUT2D eigenvalue weighted by Crippen LogP contribution is -2.31. The molecule has 0 radical (unpaired) electrons. The van der Waals surface area contributed by atoms with Crippen LogP contribution in [0.2, 0.25) is 0 Å². The molecule has 0 aliphatic rings. The molecule has 0 amide bonds. The summed E-state index contributed by atoms with van der Waals surface area (Å²) in [5.41, 5.74) is 10.1. The van der Waals surface area contributed by atoms with Crippen molar-refractivity contribution in [3.05, 3.63) is 78.2 Å². The lowest BCUT2D eigenvalue weighted by Gasteiger charge is -2.34. The number of halogens is 1. The minimum Gasteiger partial charge on any atom is -0.495 e. The van der Waals surface area contributed by atoms with Gasteiger partial charge in [0.1, 0.15) is 5.75 Å². The summed E-state index contributed by atoms with van der Waals surface area (Å²) in [7, 11) is 1.65. The molecule has 2 N–H and O–H groups in total. The summed E-state index contributed by atoms with van der Waals surface area (Å²) in [6, 6.07) is 14.6. The molecule has 0 fully saturated rings. The van der Waals surface area contributed by atoms with Crippen LogP contribution in [0.3, 0.4) is 0 Å². The van der Waals surface area contributed by atoms with Crippen LogP contribution < -0.4 is 10.5 Å². The van der Waals surface area contributed by atoms with Gasteiger partial charge in [-0.1, -0.05) is 43.3 Å². The Morgan fingerprint density at radius 2 is 1.60 bits per heavy atom. The normalized spacial score (nSPS) is 13.3. The van der Waals surface area contributed by atoms with Gasteiger partial charge in [0, 0.05) is 28.9 Å². The molecule has 0 saturated carbocycles. The van der Waals surface area contributed by atoms with E-state index in [0.29, 0.717) is 17.6 Å². The van der Waals surface area contributed by atoms with Crippen LogP contribution in [0.5, 0.6) is 5.75 Å². The Kier molecular flexibility index (Phi) is 7.62. The van der Waals surface area contributed by atoms with Gasteiger partial charge >= 0.3 is 0 Å². The van der Waals surface area contributed by atoms with Crippen molar-refractivity contribution < 1.29 is 9.26 Å². The van der Waals surface area contributed by atoms with Gasteiger partial charge in [0.25, 0.3) is 0 Å². The third-order valence-corrected chi connectivity index (χ3v) is 6.45. The largest absolute Gasteiger partial charge is 0.495 e. The highest BCUT2D eigenvalue weighted by atomic mass is 35.5. The third-order valence-electron chi connectivity index (χ3n) is 6.45. The number of nitrogens with zero attached hydrogens (tertiary/aromatic N) is 4. The van der Waals surface area contributed by atoms with Crippen LogP contribution >= 0.6 is 12.4 Å². The first-order valence-electron chi connectivity index (χ1n) is 11.3. The number of pyridine rings is 2. The van der Waals surface area contributed by atoms with Crippen molar-refractivity contribution in [3.8, 4) is 28.3 Å². The topological polar surface area (TPSA) is 100.0 Å². The average molecular weight is 494 g/mol. The summed E-state index contributed by atoms with van der Waals surface area (Å²) in [4.78, 5) is 13.5. The maximum Gasteiger partial charge on any atom is 0.246 e. The number of hydrogen-bond acceptors (Lipinski definition) is 7. The molecule has 0 aliphatic heterocycles. The standard InChI is InChI=1S/C27H31N5O2.ClH/c1-17(2)27(5,21-10-7-18(8-11-21)20-13-22(33-6)16-29-14-20)23-12-9-19(15-30-23)24-31-25(34-32-24)26(3,4)28;/h7-17H,28H2,1-6H3;1H. The van der Waals surface area contributed by atoms with Crippen molar-refractivity contribution in [2.45, 2.75) is 45.6 Å². The molecule has 1 unspecified atom stereocenters. The van der Waals surface area contributed by atoms with Gasteiger partial charge in [-0.25, -0.2) is 0 Å². The predicted octanol–water partition coefficient (Wildman–Crippen LogP) is 5.78. The van der Waals surface area contributed by atoms with E-state index in [-0.39, 0.29) is 17.8 Å². The van der Waals surface area contributed by atoms with Gasteiger partial charge in [0.05, 0.1) is 24.5 Å². The molecule has 4 rings (SSSR count). The minimum atomic E-state index is -0.693. The second-order valence-corrected chi connectivity index (χ2v) is 9.62. The fraction of sp³-hybridized carbons (Fsp3) is 0.333. The summed E-state index contributed by atoms with van der Waals surface area (Å²) in [5, 5.41) is 4.07. The molecule has 35 heavy (non-hydrogen) atoms. The van der Waals surface area contributed by atoms with Crippen molar-refractivity contribution in [1.82, 2.24) is 20.1 Å². The Morgan fingerprint density at radius 3 is 2.14 bits per heavy atom. The van der Waals surface area contributed by atoms with E-state index in [1.54, 1.807) is 19.5 Å². The first-order chi connectivity index (χ1) is 16.1. The molecule has 3 aromatic heterocycles. The number of hydrogen-bond donors (Lipinski definition) is 1. The predicted molar refractivity (Wildman–Crippen MR) is 140 cm³/mol. The molecule has 8 heteroatoms. The fourth-order valence-electron chi connectivity index (χ4n) is 3.91. The van der Waals surface area contributed by atoms with E-state index in [4.69, 9.17) is 20.0 Å². The summed E-state index contributed by atoms with van der Waals surface area (Å²) in [5.74, 6) is 1.92. The summed E-state index contributed by atoms with van der Waals surface area (Å²) in [6.07, 6.45) is 5.34. The lowest BCUT2D eigenvalue weighted by atomic mass is 9.70. The van der Waals surface area contributed by atoms with E-state index < -0.39 is 5.54 Å². The molecular weight excluding hydrogens is 462 g/mol. The zero-order chi connectivity index (χ0) is 24.5. The highest BCUT2D eigenvalue weighted by Gasteiger charge is 2.34. The molecule has 0 saturated heterocycles. The SMILES string of the molecule is COc1cncc(-c2ccc(C(C)(c3ccc(-c4noc(C(C)(C)N)n4)cn3)C(C)C)cc2)c1.Cl. The van der Waals surface area contributed by atoms with Gasteiger partial charge in [-0.05, 0) is 56.0 Å². The molecule has 0 aliphatic carbocycles. The quantitative estimate of drug-likeness (QED) is 0.348. The summed E-state index contributed by atoms with van der Waals surface area (Å²) in [6.45, 7) is 10.3. The van der Waals surface area contributed by atoms with Crippen LogP contribution in [0.4, 0.5) is 0 Å². The number of benzene rings is 1. The first-order valence-corrected chi connectivity index (χ1v) is 11.3. The second-order valence-electron chi connectivity index (χ2n) is 9.62. The van der Waals surface area contributed by atoms with Gasteiger partial charge in [-0.2, -0.15) is 4.98 Å². The summed E-state index contributed by atoms with van der Waals surface area (Å²) >= 11 is 0. The van der Waals surface area contributed by atoms with Crippen molar-refractivity contribution >= 4 is 12.4 Å². The van der Waals surface area contributed by atoms with Crippen LogP contribution in [0.1, 0.15) is 51.8 Å². The van der Waals surface area contributed by atoms with Gasteiger partial charge in [0.15, 0.2) is 0 Å². The smallest absolute Gasteiger partial charge is 0.246 e. The zero-order valence-electron chi connectivity index (χ0n) is 20.9. The molecule has 1 aromatic carbocycles. The maximum atomic E-state index is 6.07. The van der Waals surface area contributed by atoms with Crippen molar-refractivity contribution in [2.24, 2.45) is 11.7 Å². The van der Waals surface area contributed by atoms with Crippen LogP contribution in [-0.2, 0) is 11.0 Å². The molecule has 0 bridgehead atoms. The van der Waals surface area contributed by atoms with E-state index in [0.717, 1.165) is 28.1 Å². The highest BCUT2D eigenvalue weighted by Crippen LogP contribution is 2.39. The van der Waals surface area contributed by atoms with Crippen LogP contribution in [-0.4, -0.2) is 27.2 Å². The van der Waals surface area contributed by atoms with Gasteiger partial charge in [-0.3, -0.25) is 9.97 Å². The number of rotatable bonds is 7. The molecule has 1 atom stereocenters. The number of aromatic nitrogens is 4. The average Bonchev–Trinajstić information content (AvgIpc) is 3.35. The van der Waals surface area contributed by atoms with Crippen LogP contribution in [0.15, 0.2) is 65.6 Å². The fourth-order valence-corrected chi connectivity index (χ4v) is 3.91. The summed E-state index contributed by atoms with van der Waals surface area (Å²) < 4.78 is 10.6. The van der Waals surface area contributed by atoms with E-state index in [9.17, 15) is 0 Å². The van der Waals surface area contributed by atoms with Gasteiger partial charge in [0.2, 0.25) is 11.7 Å². The molecule has 184 valence electrons. The van der Waals surface area contributed by atoms with E-state index >= 15 is 0 Å². The van der Waals surface area contributed by atoms with Gasteiger partial charge in [-0.15, -0.1) is 12.4 Å². The van der Waals surface area contributed by atoms with E-state index in [2.05, 4.69) is 60.2 Å². The Balaban J connectivity index is 0.00000342. The maximum absolute atomic E-state index is 6.07. The Labute approximate surface area is 212 Å². The third kappa shape index (κ3) is 5.21. The van der Waals surface area contributed by atoms with E-state index in [1.165, 1.54) is 5.56 Å². The molecular formula is C27H32ClN5O2. The highest BCUT2D eigenvalue weighted by molar-refractivity contribution is 5.85. The molecule has 3 heterocycles. The van der Waals surface area contributed by atoms with Crippen molar-refractivity contribution in [1.29, 1.82) is 0 Å². The molecule has 4 aromatic rings. The zero-order valence-corrected chi connectivity index (χ0v) is 21.8. The molecule has 0 spiro atoms. The van der Waals surface area contributed by atoms with E-state index in [1.807, 2.05) is 38.2 Å². The first kappa shape index (κ1) is 26.3. The van der Waals surface area contributed by atoms with Crippen LogP contribution in [0, 0.1) is 5.92 Å². The monoisotopic (exact) mass is 493 g/mol. The van der Waals surface area contributed by atoms with Gasteiger partial charge < -0.3 is 15.0 Å². The number of methoxy groups -OCH3 is 1. The van der Waals surface area contributed by atoms with Crippen LogP contribution in [0.25, 0.3) is 22.5 Å². The Hall–Kier alpha value is -3.29. The minimum absolute atomic E-state index is 0. The lowest BCUT2D eigenvalue weighted by molar-refractivity contribution is 0.312. The van der Waals surface area contributed by atoms with Crippen molar-refractivity contribution in [3.63, 3.8) is 0 Å². The number of nitrogens with two attached hydrogens (primary N) is 1. The second kappa shape index (κ2) is 10.1. The molecule has 7 nitrogen and oxygen atoms in total. The van der Waals surface area contributed by atoms with Crippen molar-refractivity contribution in [2.75, 3.05) is 7.11 Å². The Bertz CT molecular complexity index is 1260.